The zero-order chi connectivity index (χ0) is 19.7. The maximum absolute atomic E-state index is 12.3. The lowest BCUT2D eigenvalue weighted by atomic mass is 9.95. The molecule has 1 amide bonds. The largest absolute Gasteiger partial charge is 0.481 e. The molecule has 1 rings (SSSR count). The van der Waals surface area contributed by atoms with Crippen LogP contribution in [0, 0.1) is 11.3 Å². The molecule has 0 spiro atoms. The van der Waals surface area contributed by atoms with Crippen LogP contribution in [0.1, 0.15) is 39.7 Å². The number of esters is 1. The predicted molar refractivity (Wildman–Crippen MR) is 95.4 cm³/mol. The topological polar surface area (TPSA) is 102 Å². The lowest BCUT2D eigenvalue weighted by molar-refractivity contribution is -0.158. The Balaban J connectivity index is 2.63. The number of hydrogen-bond acceptors (Lipinski definition) is 5. The Morgan fingerprint density at radius 2 is 1.77 bits per heavy atom. The maximum Gasteiger partial charge on any atom is 0.408 e. The van der Waals surface area contributed by atoms with Crippen LogP contribution in [0.3, 0.4) is 0 Å². The van der Waals surface area contributed by atoms with Crippen LogP contribution in [-0.2, 0) is 25.7 Å². The van der Waals surface area contributed by atoms with E-state index in [1.54, 1.807) is 6.92 Å². The van der Waals surface area contributed by atoms with Gasteiger partial charge in [-0.3, -0.25) is 4.79 Å². The van der Waals surface area contributed by atoms with E-state index in [2.05, 4.69) is 5.32 Å². The third kappa shape index (κ3) is 6.74. The van der Waals surface area contributed by atoms with Crippen LogP contribution in [0.2, 0.25) is 0 Å². The fraction of sp³-hybridized carbons (Fsp3) is 0.526. The maximum atomic E-state index is 12.3. The van der Waals surface area contributed by atoms with E-state index in [0.29, 0.717) is 6.42 Å². The monoisotopic (exact) mass is 365 g/mol. The second-order valence-corrected chi connectivity index (χ2v) is 6.87. The molecule has 0 saturated heterocycles. The van der Waals surface area contributed by atoms with E-state index in [9.17, 15) is 14.4 Å². The van der Waals surface area contributed by atoms with Crippen LogP contribution >= 0.6 is 0 Å². The van der Waals surface area contributed by atoms with Gasteiger partial charge in [0.2, 0.25) is 0 Å². The molecule has 0 aliphatic rings. The molecule has 0 aliphatic heterocycles. The molecule has 144 valence electrons. The second-order valence-electron chi connectivity index (χ2n) is 6.87. The number of nitrogens with one attached hydrogen (secondary N) is 1. The number of alkyl carbamates (subject to hydrolysis) is 1. The quantitative estimate of drug-likeness (QED) is 0.652. The van der Waals surface area contributed by atoms with Gasteiger partial charge in [0, 0.05) is 0 Å². The third-order valence-electron chi connectivity index (χ3n) is 4.11. The van der Waals surface area contributed by atoms with Crippen molar-refractivity contribution in [3.63, 3.8) is 0 Å². The molecule has 2 N–H and O–H groups in total. The first kappa shape index (κ1) is 21.5. The number of aliphatic carboxylic acids is 1. The van der Waals surface area contributed by atoms with Crippen LogP contribution in [0.4, 0.5) is 4.79 Å². The lowest BCUT2D eigenvalue weighted by Gasteiger charge is -2.25. The molecule has 0 aliphatic carbocycles. The molecule has 2 atom stereocenters. The highest BCUT2D eigenvalue weighted by atomic mass is 16.6. The highest BCUT2D eigenvalue weighted by Gasteiger charge is 2.33. The predicted octanol–water partition coefficient (Wildman–Crippen LogP) is 2.98. The zero-order valence-corrected chi connectivity index (χ0v) is 15.7. The Kier molecular flexibility index (Phi) is 8.09. The van der Waals surface area contributed by atoms with Gasteiger partial charge in [0.1, 0.15) is 19.3 Å². The van der Waals surface area contributed by atoms with E-state index in [-0.39, 0.29) is 19.1 Å². The molecule has 1 aromatic rings. The normalized spacial score (nSPS) is 13.4. The van der Waals surface area contributed by atoms with Gasteiger partial charge >= 0.3 is 18.0 Å². The molecule has 0 fully saturated rings. The Morgan fingerprint density at radius 1 is 1.15 bits per heavy atom. The van der Waals surface area contributed by atoms with Crippen molar-refractivity contribution in [2.75, 3.05) is 6.61 Å². The summed E-state index contributed by atoms with van der Waals surface area (Å²) in [4.78, 5) is 35.5. The Bertz CT molecular complexity index is 614. The third-order valence-corrected chi connectivity index (χ3v) is 4.11. The fourth-order valence-electron chi connectivity index (χ4n) is 1.96. The minimum atomic E-state index is -1.20. The molecular formula is C19H27NO6. The van der Waals surface area contributed by atoms with Gasteiger partial charge in [0.25, 0.3) is 0 Å². The van der Waals surface area contributed by atoms with E-state index in [0.717, 1.165) is 5.56 Å². The van der Waals surface area contributed by atoms with Crippen molar-refractivity contribution in [1.82, 2.24) is 5.32 Å². The average molecular weight is 365 g/mol. The first-order chi connectivity index (χ1) is 12.2. The summed E-state index contributed by atoms with van der Waals surface area (Å²) in [6.45, 7) is 6.40. The molecule has 0 saturated carbocycles. The van der Waals surface area contributed by atoms with E-state index in [1.165, 1.54) is 13.8 Å². The van der Waals surface area contributed by atoms with E-state index in [1.807, 2.05) is 37.3 Å². The van der Waals surface area contributed by atoms with Crippen molar-refractivity contribution >= 4 is 18.0 Å². The second kappa shape index (κ2) is 9.79. The number of carbonyl (C=O) groups excluding carboxylic acids is 2. The highest BCUT2D eigenvalue weighted by Crippen LogP contribution is 2.17. The van der Waals surface area contributed by atoms with E-state index < -0.39 is 29.5 Å². The standard InChI is InChI=1S/C19H27NO6/c1-5-13(2)15(16(21)26-12-19(3,4)17(22)23)20-18(24)25-11-14-9-7-6-8-10-14/h6-10,13,15H,5,11-12H2,1-4H3,(H,20,24)(H,22,23)/t13-,15-/m0/s1. The molecule has 1 aromatic carbocycles. The summed E-state index contributed by atoms with van der Waals surface area (Å²) in [6.07, 6.45) is -0.102. The molecule has 0 unspecified atom stereocenters. The Hall–Kier alpha value is -2.57. The van der Waals surface area contributed by atoms with Gasteiger partial charge in [0.15, 0.2) is 0 Å². The van der Waals surface area contributed by atoms with Crippen molar-refractivity contribution in [3.05, 3.63) is 35.9 Å². The van der Waals surface area contributed by atoms with Gasteiger partial charge in [-0.25, -0.2) is 9.59 Å². The number of carbonyl (C=O) groups is 3. The van der Waals surface area contributed by atoms with Crippen molar-refractivity contribution in [2.24, 2.45) is 11.3 Å². The molecule has 0 radical (unpaired) electrons. The van der Waals surface area contributed by atoms with Crippen molar-refractivity contribution in [3.8, 4) is 0 Å². The SMILES string of the molecule is CC[C@H](C)[C@H](NC(=O)OCc1ccccc1)C(=O)OCC(C)(C)C(=O)O. The van der Waals surface area contributed by atoms with Crippen LogP contribution in [0.5, 0.6) is 0 Å². The number of hydrogen-bond donors (Lipinski definition) is 2. The van der Waals surface area contributed by atoms with Crippen molar-refractivity contribution < 1.29 is 29.0 Å². The summed E-state index contributed by atoms with van der Waals surface area (Å²) in [5.74, 6) is -1.94. The smallest absolute Gasteiger partial charge is 0.408 e. The van der Waals surface area contributed by atoms with Crippen LogP contribution in [-0.4, -0.2) is 35.8 Å². The van der Waals surface area contributed by atoms with E-state index in [4.69, 9.17) is 14.6 Å². The zero-order valence-electron chi connectivity index (χ0n) is 15.7. The number of carboxylic acid groups (broad SMARTS) is 1. The molecule has 0 bridgehead atoms. The van der Waals surface area contributed by atoms with Crippen LogP contribution in [0.25, 0.3) is 0 Å². The summed E-state index contributed by atoms with van der Waals surface area (Å²) in [7, 11) is 0. The van der Waals surface area contributed by atoms with E-state index >= 15 is 0 Å². The Labute approximate surface area is 153 Å². The first-order valence-corrected chi connectivity index (χ1v) is 8.54. The minimum Gasteiger partial charge on any atom is -0.481 e. The number of ether oxygens (including phenoxy) is 2. The average Bonchev–Trinajstić information content (AvgIpc) is 2.62. The van der Waals surface area contributed by atoms with Gasteiger partial charge in [-0.2, -0.15) is 0 Å². The summed E-state index contributed by atoms with van der Waals surface area (Å²) >= 11 is 0. The van der Waals surface area contributed by atoms with Crippen molar-refractivity contribution in [1.29, 1.82) is 0 Å². The lowest BCUT2D eigenvalue weighted by Crippen LogP contribution is -2.47. The molecule has 0 aromatic heterocycles. The summed E-state index contributed by atoms with van der Waals surface area (Å²) < 4.78 is 10.3. The van der Waals surface area contributed by atoms with Gasteiger partial charge in [-0.15, -0.1) is 0 Å². The number of carboxylic acids is 1. The van der Waals surface area contributed by atoms with Gasteiger partial charge < -0.3 is 19.9 Å². The summed E-state index contributed by atoms with van der Waals surface area (Å²) in [5.41, 5.74) is -0.378. The number of amides is 1. The highest BCUT2D eigenvalue weighted by molar-refractivity contribution is 5.82. The summed E-state index contributed by atoms with van der Waals surface area (Å²) in [6, 6.07) is 8.26. The minimum absolute atomic E-state index is 0.0843. The molecule has 7 heteroatoms. The number of rotatable bonds is 9. The van der Waals surface area contributed by atoms with Gasteiger partial charge in [-0.05, 0) is 25.3 Å². The van der Waals surface area contributed by atoms with Crippen LogP contribution in [0.15, 0.2) is 30.3 Å². The Morgan fingerprint density at radius 3 is 2.31 bits per heavy atom. The van der Waals surface area contributed by atoms with Crippen molar-refractivity contribution in [2.45, 2.75) is 46.8 Å². The molecule has 0 heterocycles. The number of benzene rings is 1. The first-order valence-electron chi connectivity index (χ1n) is 8.54. The molecular weight excluding hydrogens is 338 g/mol. The van der Waals surface area contributed by atoms with Gasteiger partial charge in [-0.1, -0.05) is 50.6 Å². The molecule has 7 nitrogen and oxygen atoms in total. The van der Waals surface area contributed by atoms with Gasteiger partial charge in [0.05, 0.1) is 5.41 Å². The summed E-state index contributed by atoms with van der Waals surface area (Å²) in [5, 5.41) is 11.6. The fourth-order valence-corrected chi connectivity index (χ4v) is 1.96. The molecule has 26 heavy (non-hydrogen) atoms. The van der Waals surface area contributed by atoms with Crippen LogP contribution < -0.4 is 5.32 Å².